The average Bonchev–Trinajstić information content (AvgIpc) is 2.96. The fourth-order valence-corrected chi connectivity index (χ4v) is 5.05. The van der Waals surface area contributed by atoms with Gasteiger partial charge < -0.3 is 9.47 Å². The van der Waals surface area contributed by atoms with Gasteiger partial charge in [-0.2, -0.15) is 30.0 Å². The fourth-order valence-electron chi connectivity index (χ4n) is 3.23. The van der Waals surface area contributed by atoms with Gasteiger partial charge in [-0.3, -0.25) is 8.57 Å². The topological polar surface area (TPSA) is 130 Å². The Hall–Kier alpha value is -3.40. The lowest BCUT2D eigenvalue weighted by molar-refractivity contribution is -0.0597. The van der Waals surface area contributed by atoms with E-state index in [0.717, 1.165) is 12.1 Å². The van der Waals surface area contributed by atoms with Crippen LogP contribution in [0.15, 0.2) is 58.8 Å². The maximum atomic E-state index is 13.5. The Balaban J connectivity index is 1.87. The van der Waals surface area contributed by atoms with E-state index in [2.05, 4.69) is 18.9 Å². The van der Waals surface area contributed by atoms with Crippen molar-refractivity contribution in [2.45, 2.75) is 52.1 Å². The van der Waals surface area contributed by atoms with E-state index in [-0.39, 0.29) is 36.8 Å². The first-order valence-electron chi connectivity index (χ1n) is 13.4. The zero-order chi connectivity index (χ0) is 31.9. The minimum atomic E-state index is -4.96. The molecule has 0 fully saturated rings. The number of oxime groups is 2. The summed E-state index contributed by atoms with van der Waals surface area (Å²) in [6.45, 7) is 2.89. The van der Waals surface area contributed by atoms with E-state index in [0.29, 0.717) is 37.0 Å². The van der Waals surface area contributed by atoms with E-state index in [1.54, 1.807) is 19.1 Å². The van der Waals surface area contributed by atoms with E-state index >= 15 is 0 Å². The van der Waals surface area contributed by atoms with E-state index in [1.165, 1.54) is 24.3 Å². The molecular weight excluding hydrogens is 620 g/mol. The first-order valence-corrected chi connectivity index (χ1v) is 16.5. The summed E-state index contributed by atoms with van der Waals surface area (Å²) in [6.07, 6.45) is -2.76. The van der Waals surface area contributed by atoms with Crippen LogP contribution in [0.25, 0.3) is 0 Å². The molecule has 0 N–H and O–H groups in total. The molecule has 0 saturated carbocycles. The summed E-state index contributed by atoms with van der Waals surface area (Å²) in [7, 11) is -8.13. The number of hydrogen-bond donors (Lipinski definition) is 0. The Kier molecular flexibility index (Phi) is 14.2. The van der Waals surface area contributed by atoms with Crippen molar-refractivity contribution in [3.05, 3.63) is 59.7 Å². The van der Waals surface area contributed by atoms with Gasteiger partial charge in [0.1, 0.15) is 23.9 Å². The number of halogens is 4. The predicted molar refractivity (Wildman–Crippen MR) is 153 cm³/mol. The smallest absolute Gasteiger partial charge is 0.437 e. The van der Waals surface area contributed by atoms with Crippen LogP contribution in [0.4, 0.5) is 17.6 Å². The van der Waals surface area contributed by atoms with Crippen molar-refractivity contribution in [2.75, 3.05) is 31.4 Å². The third-order valence-corrected chi connectivity index (χ3v) is 7.72. The number of hydrogen-bond acceptors (Lipinski definition) is 10. The summed E-state index contributed by atoms with van der Waals surface area (Å²) in [4.78, 5) is 0. The van der Waals surface area contributed by atoms with Crippen molar-refractivity contribution < 1.29 is 52.4 Å². The van der Waals surface area contributed by atoms with Gasteiger partial charge in [-0.1, -0.05) is 37.0 Å². The monoisotopic (exact) mass is 654 g/mol. The Labute approximate surface area is 248 Å². The molecule has 2 aromatic rings. The van der Waals surface area contributed by atoms with Crippen LogP contribution in [-0.2, 0) is 28.8 Å². The number of rotatable bonds is 19. The second-order valence-electron chi connectivity index (χ2n) is 9.09. The minimum Gasteiger partial charge on any atom is -0.493 e. The normalized spacial score (nSPS) is 13.1. The third kappa shape index (κ3) is 13.2. The predicted octanol–water partition coefficient (Wildman–Crippen LogP) is 5.77. The molecule has 240 valence electrons. The molecule has 0 heterocycles. The first kappa shape index (κ1) is 35.8. The molecule has 0 aliphatic heterocycles. The summed E-state index contributed by atoms with van der Waals surface area (Å²) in [6, 6.07) is 10.8. The molecular formula is C27H34F4N2O8S2. The van der Waals surface area contributed by atoms with Crippen LogP contribution in [0.3, 0.4) is 0 Å². The van der Waals surface area contributed by atoms with E-state index in [9.17, 15) is 34.4 Å². The Bertz CT molecular complexity index is 1410. The summed E-state index contributed by atoms with van der Waals surface area (Å²) >= 11 is 0. The molecule has 0 saturated heterocycles. The zero-order valence-electron chi connectivity index (χ0n) is 23.7. The largest absolute Gasteiger partial charge is 0.493 e. The molecule has 2 rings (SSSR count). The number of alkyl halides is 4. The molecule has 10 nitrogen and oxygen atoms in total. The van der Waals surface area contributed by atoms with Crippen LogP contribution >= 0.6 is 0 Å². The van der Waals surface area contributed by atoms with Gasteiger partial charge in [-0.15, -0.1) is 0 Å². The van der Waals surface area contributed by atoms with Gasteiger partial charge >= 0.3 is 26.4 Å². The maximum Gasteiger partial charge on any atom is 0.437 e. The Morgan fingerprint density at radius 2 is 1.14 bits per heavy atom. The van der Waals surface area contributed by atoms with Gasteiger partial charge in [-0.25, -0.2) is 4.39 Å². The van der Waals surface area contributed by atoms with Crippen LogP contribution < -0.4 is 9.47 Å². The molecule has 16 heteroatoms. The highest BCUT2D eigenvalue weighted by atomic mass is 32.2. The molecule has 0 atom stereocenters. The number of benzene rings is 2. The van der Waals surface area contributed by atoms with Crippen LogP contribution in [-0.4, -0.2) is 65.8 Å². The van der Waals surface area contributed by atoms with Gasteiger partial charge in [0.15, 0.2) is 5.71 Å². The van der Waals surface area contributed by atoms with E-state index in [1.807, 2.05) is 6.92 Å². The number of ether oxygens (including phenoxy) is 2. The van der Waals surface area contributed by atoms with Crippen molar-refractivity contribution in [3.63, 3.8) is 0 Å². The number of nitrogens with zero attached hydrogens (tertiary/aromatic N) is 2. The molecule has 0 bridgehead atoms. The molecule has 0 aromatic heterocycles. The molecule has 2 aromatic carbocycles. The summed E-state index contributed by atoms with van der Waals surface area (Å²) in [5.41, 5.74) is -1.77. The molecule has 0 amide bonds. The number of unbranched alkanes of at least 4 members (excludes halogenated alkanes) is 2. The third-order valence-electron chi connectivity index (χ3n) is 5.54. The lowest BCUT2D eigenvalue weighted by atomic mass is 10.1. The standard InChI is InChI=1S/C27H34F4N2O8S2/c1-3-5-18-42(34,35)40-32-25(20-28)21-8-12-23(13-9-21)38-16-7-17-39-24-14-10-22(11-15-24)26(27(29,30)31)33-41-43(36,37)19-6-4-2/h8-15H,3-7,16-20H2,1-2H3. The lowest BCUT2D eigenvalue weighted by Gasteiger charge is -2.12. The van der Waals surface area contributed by atoms with Gasteiger partial charge in [0.05, 0.1) is 24.7 Å². The van der Waals surface area contributed by atoms with Crippen LogP contribution in [0.1, 0.15) is 57.1 Å². The molecule has 0 radical (unpaired) electrons. The maximum absolute atomic E-state index is 13.5. The SMILES string of the molecule is CCCCS(=O)(=O)ON=C(CF)c1ccc(OCCCOc2ccc(C(=NOS(=O)(=O)CCCC)C(F)(F)F)cc2)cc1. The summed E-state index contributed by atoms with van der Waals surface area (Å²) in [5, 5.41) is 6.32. The Morgan fingerprint density at radius 1 is 0.698 bits per heavy atom. The highest BCUT2D eigenvalue weighted by Gasteiger charge is 2.38. The second-order valence-corrected chi connectivity index (χ2v) is 12.4. The molecule has 0 aliphatic carbocycles. The molecule has 0 spiro atoms. The minimum absolute atomic E-state index is 0.166. The van der Waals surface area contributed by atoms with Crippen molar-refractivity contribution in [3.8, 4) is 11.5 Å². The molecule has 0 unspecified atom stereocenters. The second kappa shape index (κ2) is 17.0. The highest BCUT2D eigenvalue weighted by Crippen LogP contribution is 2.25. The van der Waals surface area contributed by atoms with Crippen LogP contribution in [0, 0.1) is 0 Å². The van der Waals surface area contributed by atoms with Crippen molar-refractivity contribution in [2.24, 2.45) is 10.3 Å². The summed E-state index contributed by atoms with van der Waals surface area (Å²) < 4.78 is 121. The van der Waals surface area contributed by atoms with Crippen LogP contribution in [0.5, 0.6) is 11.5 Å². The average molecular weight is 655 g/mol. The van der Waals surface area contributed by atoms with Gasteiger partial charge in [-0.05, 0) is 61.4 Å². The van der Waals surface area contributed by atoms with Gasteiger partial charge in [0.2, 0.25) is 0 Å². The molecule has 0 aliphatic rings. The highest BCUT2D eigenvalue weighted by molar-refractivity contribution is 7.86. The fraction of sp³-hybridized carbons (Fsp3) is 0.481. The van der Waals surface area contributed by atoms with Gasteiger partial charge in [0, 0.05) is 17.5 Å². The van der Waals surface area contributed by atoms with Crippen molar-refractivity contribution in [1.29, 1.82) is 0 Å². The molecule has 43 heavy (non-hydrogen) atoms. The van der Waals surface area contributed by atoms with Crippen molar-refractivity contribution >= 4 is 31.7 Å². The zero-order valence-corrected chi connectivity index (χ0v) is 25.3. The van der Waals surface area contributed by atoms with E-state index in [4.69, 9.17) is 9.47 Å². The van der Waals surface area contributed by atoms with Gasteiger partial charge in [0.25, 0.3) is 0 Å². The van der Waals surface area contributed by atoms with Crippen LogP contribution in [0.2, 0.25) is 0 Å². The summed E-state index contributed by atoms with van der Waals surface area (Å²) in [5.74, 6) is 0.0480. The lowest BCUT2D eigenvalue weighted by Crippen LogP contribution is -2.25. The quantitative estimate of drug-likeness (QED) is 0.0809. The van der Waals surface area contributed by atoms with E-state index < -0.39 is 50.1 Å². The van der Waals surface area contributed by atoms with Crippen molar-refractivity contribution in [1.82, 2.24) is 0 Å². The Morgan fingerprint density at radius 3 is 1.56 bits per heavy atom. The first-order chi connectivity index (χ1) is 20.3.